The molecule has 0 aromatic carbocycles. The maximum Gasteiger partial charge on any atom is 0.275 e. The van der Waals surface area contributed by atoms with E-state index in [9.17, 15) is 4.79 Å². The Morgan fingerprint density at radius 3 is 2.89 bits per heavy atom. The van der Waals surface area contributed by atoms with Crippen molar-refractivity contribution in [3.63, 3.8) is 0 Å². The van der Waals surface area contributed by atoms with Crippen LogP contribution in [-0.2, 0) is 6.61 Å². The number of hydrogen-bond donors (Lipinski definition) is 2. The highest BCUT2D eigenvalue weighted by atomic mass is 32.1. The smallest absolute Gasteiger partial charge is 0.275 e. The number of amides is 1. The molecule has 0 aliphatic heterocycles. The number of nitrogens with one attached hydrogen (secondary N) is 1. The van der Waals surface area contributed by atoms with Crippen LogP contribution in [0.5, 0.6) is 5.75 Å². The first-order valence-electron chi connectivity index (χ1n) is 5.76. The molecule has 5 nitrogen and oxygen atoms in total. The summed E-state index contributed by atoms with van der Waals surface area (Å²) < 4.78 is 5.64. The van der Waals surface area contributed by atoms with Gasteiger partial charge in [-0.05, 0) is 32.0 Å². The predicted octanol–water partition coefficient (Wildman–Crippen LogP) is 1.94. The number of nitrogen functional groups attached to an aromatic ring is 1. The molecule has 2 aromatic rings. The summed E-state index contributed by atoms with van der Waals surface area (Å²) in [6, 6.07) is 5.56. The topological polar surface area (TPSA) is 77.2 Å². The Kier molecular flexibility index (Phi) is 4.13. The summed E-state index contributed by atoms with van der Waals surface area (Å²) in [5.74, 6) is 5.54. The third kappa shape index (κ3) is 3.30. The van der Waals surface area contributed by atoms with Gasteiger partial charge in [0.1, 0.15) is 12.4 Å². The molecular formula is C13H15N3O2S. The first kappa shape index (κ1) is 13.5. The van der Waals surface area contributed by atoms with Crippen LogP contribution in [-0.4, -0.2) is 10.9 Å². The molecular weight excluding hydrogens is 262 g/mol. The second-order valence-corrected chi connectivity index (χ2v) is 5.35. The van der Waals surface area contributed by atoms with E-state index >= 15 is 0 Å². The summed E-state index contributed by atoms with van der Waals surface area (Å²) in [6.07, 6.45) is 1.69. The summed E-state index contributed by atoms with van der Waals surface area (Å²) in [7, 11) is 0. The summed E-state index contributed by atoms with van der Waals surface area (Å²) in [4.78, 5) is 17.2. The molecule has 0 spiro atoms. The largest absolute Gasteiger partial charge is 0.487 e. The molecule has 2 rings (SSSR count). The SMILES string of the molecule is Cc1ccc(OCc2cc(C(=O)NN)sc2C)cn1. The van der Waals surface area contributed by atoms with Crippen molar-refractivity contribution in [2.24, 2.45) is 5.84 Å². The quantitative estimate of drug-likeness (QED) is 0.508. The zero-order valence-electron chi connectivity index (χ0n) is 10.8. The molecule has 100 valence electrons. The van der Waals surface area contributed by atoms with Crippen molar-refractivity contribution in [3.8, 4) is 5.75 Å². The highest BCUT2D eigenvalue weighted by Gasteiger charge is 2.11. The van der Waals surface area contributed by atoms with Crippen molar-refractivity contribution in [3.05, 3.63) is 45.4 Å². The molecule has 0 saturated heterocycles. The van der Waals surface area contributed by atoms with E-state index in [0.717, 1.165) is 16.1 Å². The minimum atomic E-state index is -0.281. The maximum absolute atomic E-state index is 11.4. The van der Waals surface area contributed by atoms with Gasteiger partial charge in [0.15, 0.2) is 0 Å². The van der Waals surface area contributed by atoms with E-state index < -0.39 is 0 Å². The summed E-state index contributed by atoms with van der Waals surface area (Å²) in [5.41, 5.74) is 4.04. The van der Waals surface area contributed by atoms with E-state index in [1.54, 1.807) is 12.3 Å². The molecule has 0 atom stereocenters. The van der Waals surface area contributed by atoms with Gasteiger partial charge >= 0.3 is 0 Å². The molecule has 0 unspecified atom stereocenters. The second-order valence-electron chi connectivity index (χ2n) is 4.09. The molecule has 0 radical (unpaired) electrons. The first-order valence-corrected chi connectivity index (χ1v) is 6.57. The number of rotatable bonds is 4. The monoisotopic (exact) mass is 277 g/mol. The zero-order chi connectivity index (χ0) is 13.8. The number of ether oxygens (including phenoxy) is 1. The summed E-state index contributed by atoms with van der Waals surface area (Å²) >= 11 is 1.40. The summed E-state index contributed by atoms with van der Waals surface area (Å²) in [6.45, 7) is 4.28. The van der Waals surface area contributed by atoms with Crippen LogP contribution in [0.4, 0.5) is 0 Å². The number of aromatic nitrogens is 1. The number of pyridine rings is 1. The Morgan fingerprint density at radius 2 is 2.26 bits per heavy atom. The van der Waals surface area contributed by atoms with Crippen LogP contribution < -0.4 is 16.0 Å². The molecule has 6 heteroatoms. The van der Waals surface area contributed by atoms with E-state index in [1.807, 2.05) is 26.0 Å². The summed E-state index contributed by atoms with van der Waals surface area (Å²) in [5, 5.41) is 0. The lowest BCUT2D eigenvalue weighted by Gasteiger charge is -2.05. The standard InChI is InChI=1S/C13H15N3O2S/c1-8-3-4-11(6-15-8)18-7-10-5-12(13(17)16-14)19-9(10)2/h3-6H,7,14H2,1-2H3,(H,16,17). The van der Waals surface area contributed by atoms with Crippen molar-refractivity contribution in [1.29, 1.82) is 0 Å². The van der Waals surface area contributed by atoms with Crippen molar-refractivity contribution < 1.29 is 9.53 Å². The van der Waals surface area contributed by atoms with Crippen LogP contribution >= 0.6 is 11.3 Å². The predicted molar refractivity (Wildman–Crippen MR) is 74.0 cm³/mol. The molecule has 0 saturated carbocycles. The number of thiophene rings is 1. The third-order valence-corrected chi connectivity index (χ3v) is 3.75. The fourth-order valence-electron chi connectivity index (χ4n) is 1.55. The minimum absolute atomic E-state index is 0.281. The van der Waals surface area contributed by atoms with Crippen LogP contribution in [0.3, 0.4) is 0 Å². The lowest BCUT2D eigenvalue weighted by molar-refractivity contribution is 0.0957. The number of hydrogen-bond acceptors (Lipinski definition) is 5. The van der Waals surface area contributed by atoms with Gasteiger partial charge in [-0.15, -0.1) is 11.3 Å². The van der Waals surface area contributed by atoms with E-state index in [4.69, 9.17) is 10.6 Å². The number of nitrogens with two attached hydrogens (primary N) is 1. The van der Waals surface area contributed by atoms with Gasteiger partial charge in [-0.3, -0.25) is 15.2 Å². The number of hydrazine groups is 1. The fraction of sp³-hybridized carbons (Fsp3) is 0.231. The molecule has 0 fully saturated rings. The van der Waals surface area contributed by atoms with Crippen LogP contribution in [0.2, 0.25) is 0 Å². The second kappa shape index (κ2) is 5.81. The molecule has 2 heterocycles. The highest BCUT2D eigenvalue weighted by molar-refractivity contribution is 7.14. The van der Waals surface area contributed by atoms with Gasteiger partial charge in [0.05, 0.1) is 11.1 Å². The first-order chi connectivity index (χ1) is 9.10. The van der Waals surface area contributed by atoms with Gasteiger partial charge in [-0.2, -0.15) is 0 Å². The molecule has 0 bridgehead atoms. The Labute approximate surface area is 115 Å². The van der Waals surface area contributed by atoms with Crippen molar-refractivity contribution >= 4 is 17.2 Å². The molecule has 2 aromatic heterocycles. The fourth-order valence-corrected chi connectivity index (χ4v) is 2.48. The van der Waals surface area contributed by atoms with Crippen LogP contribution in [0, 0.1) is 13.8 Å². The Morgan fingerprint density at radius 1 is 1.47 bits per heavy atom. The van der Waals surface area contributed by atoms with Gasteiger partial charge in [0.25, 0.3) is 5.91 Å². The van der Waals surface area contributed by atoms with Gasteiger partial charge in [0.2, 0.25) is 0 Å². The van der Waals surface area contributed by atoms with Gasteiger partial charge in [-0.1, -0.05) is 0 Å². The van der Waals surface area contributed by atoms with Crippen molar-refractivity contribution in [1.82, 2.24) is 10.4 Å². The van der Waals surface area contributed by atoms with Crippen LogP contribution in [0.25, 0.3) is 0 Å². The van der Waals surface area contributed by atoms with Gasteiger partial charge in [-0.25, -0.2) is 5.84 Å². The number of carbonyl (C=O) groups excluding carboxylic acids is 1. The van der Waals surface area contributed by atoms with Crippen LogP contribution in [0.15, 0.2) is 24.4 Å². The molecule has 0 aliphatic carbocycles. The van der Waals surface area contributed by atoms with Gasteiger partial charge < -0.3 is 4.74 Å². The lowest BCUT2D eigenvalue weighted by atomic mass is 10.2. The van der Waals surface area contributed by atoms with Crippen molar-refractivity contribution in [2.75, 3.05) is 0 Å². The average molecular weight is 277 g/mol. The average Bonchev–Trinajstić information content (AvgIpc) is 2.79. The minimum Gasteiger partial charge on any atom is -0.487 e. The van der Waals surface area contributed by atoms with E-state index in [0.29, 0.717) is 17.2 Å². The lowest BCUT2D eigenvalue weighted by Crippen LogP contribution is -2.29. The third-order valence-electron chi connectivity index (χ3n) is 2.65. The van der Waals surface area contributed by atoms with E-state index in [1.165, 1.54) is 11.3 Å². The van der Waals surface area contributed by atoms with Gasteiger partial charge in [0, 0.05) is 16.1 Å². The number of carbonyl (C=O) groups is 1. The van der Waals surface area contributed by atoms with Crippen molar-refractivity contribution in [2.45, 2.75) is 20.5 Å². The zero-order valence-corrected chi connectivity index (χ0v) is 11.6. The molecule has 1 amide bonds. The van der Waals surface area contributed by atoms with E-state index in [-0.39, 0.29) is 5.91 Å². The maximum atomic E-state index is 11.4. The number of aryl methyl sites for hydroxylation is 2. The molecule has 3 N–H and O–H groups in total. The normalized spacial score (nSPS) is 10.3. The Balaban J connectivity index is 2.05. The molecule has 19 heavy (non-hydrogen) atoms. The Bertz CT molecular complexity index is 578. The Hall–Kier alpha value is -1.92. The van der Waals surface area contributed by atoms with Crippen LogP contribution in [0.1, 0.15) is 25.8 Å². The van der Waals surface area contributed by atoms with E-state index in [2.05, 4.69) is 10.4 Å². The molecule has 0 aliphatic rings. The highest BCUT2D eigenvalue weighted by Crippen LogP contribution is 2.23. The number of nitrogens with zero attached hydrogens (tertiary/aromatic N) is 1.